The molecule has 0 aromatic heterocycles. The van der Waals surface area contributed by atoms with E-state index in [9.17, 15) is 18.8 Å². The maximum absolute atomic E-state index is 13.0. The zero-order chi connectivity index (χ0) is 20.0. The molecular formula is C20H27FN2O4. The second-order valence-corrected chi connectivity index (χ2v) is 7.05. The van der Waals surface area contributed by atoms with Crippen LogP contribution in [0.15, 0.2) is 24.3 Å². The van der Waals surface area contributed by atoms with Crippen LogP contribution < -0.4 is 5.32 Å². The van der Waals surface area contributed by atoms with Crippen molar-refractivity contribution in [2.45, 2.75) is 39.7 Å². The second kappa shape index (κ2) is 9.48. The molecule has 2 amide bonds. The molecule has 0 bridgehead atoms. The molecule has 7 heteroatoms. The number of nitrogens with zero attached hydrogens (tertiary/aromatic N) is 1. The van der Waals surface area contributed by atoms with Crippen LogP contribution in [0.25, 0.3) is 0 Å². The lowest BCUT2D eigenvalue weighted by Crippen LogP contribution is -2.53. The van der Waals surface area contributed by atoms with Crippen molar-refractivity contribution in [2.75, 3.05) is 19.7 Å². The Kier molecular flexibility index (Phi) is 7.33. The van der Waals surface area contributed by atoms with Crippen molar-refractivity contribution in [3.63, 3.8) is 0 Å². The average Bonchev–Trinajstić information content (AvgIpc) is 2.66. The zero-order valence-corrected chi connectivity index (χ0v) is 16.0. The standard InChI is InChI=1S/C20H27FN2O4/c1-4-27-20(26)15-9-11-23(12-10-15)19(25)17(13(2)3)22-18(24)14-5-7-16(21)8-6-14/h5-8,13,15,17H,4,9-12H2,1-3H3,(H,22,24)/t17-/m0/s1. The second-order valence-electron chi connectivity index (χ2n) is 7.05. The Balaban J connectivity index is 1.98. The molecular weight excluding hydrogens is 351 g/mol. The van der Waals surface area contributed by atoms with Crippen molar-refractivity contribution in [1.82, 2.24) is 10.2 Å². The lowest BCUT2D eigenvalue weighted by molar-refractivity contribution is -0.151. The van der Waals surface area contributed by atoms with Crippen molar-refractivity contribution in [3.8, 4) is 0 Å². The Morgan fingerprint density at radius 2 is 1.78 bits per heavy atom. The van der Waals surface area contributed by atoms with Gasteiger partial charge in [-0.2, -0.15) is 0 Å². The summed E-state index contributed by atoms with van der Waals surface area (Å²) >= 11 is 0. The van der Waals surface area contributed by atoms with Gasteiger partial charge in [-0.15, -0.1) is 0 Å². The number of nitrogens with one attached hydrogen (secondary N) is 1. The first-order valence-electron chi connectivity index (χ1n) is 9.35. The van der Waals surface area contributed by atoms with E-state index in [2.05, 4.69) is 5.32 Å². The topological polar surface area (TPSA) is 75.7 Å². The number of ether oxygens (including phenoxy) is 1. The Morgan fingerprint density at radius 3 is 2.30 bits per heavy atom. The molecule has 1 fully saturated rings. The molecule has 1 aliphatic rings. The predicted molar refractivity (Wildman–Crippen MR) is 98.4 cm³/mol. The highest BCUT2D eigenvalue weighted by Gasteiger charge is 2.33. The number of carbonyl (C=O) groups excluding carboxylic acids is 3. The molecule has 1 aromatic rings. The molecule has 1 atom stereocenters. The number of hydrogen-bond donors (Lipinski definition) is 1. The van der Waals surface area contributed by atoms with Crippen molar-refractivity contribution in [3.05, 3.63) is 35.6 Å². The van der Waals surface area contributed by atoms with Gasteiger partial charge in [0, 0.05) is 18.7 Å². The minimum absolute atomic E-state index is 0.107. The SMILES string of the molecule is CCOC(=O)C1CCN(C(=O)[C@@H](NC(=O)c2ccc(F)cc2)C(C)C)CC1. The molecule has 0 aliphatic carbocycles. The monoisotopic (exact) mass is 378 g/mol. The molecule has 1 aromatic carbocycles. The lowest BCUT2D eigenvalue weighted by atomic mass is 9.95. The fourth-order valence-corrected chi connectivity index (χ4v) is 3.13. The van der Waals surface area contributed by atoms with Crippen molar-refractivity contribution in [2.24, 2.45) is 11.8 Å². The van der Waals surface area contributed by atoms with E-state index in [4.69, 9.17) is 4.74 Å². The number of rotatable bonds is 6. The smallest absolute Gasteiger partial charge is 0.309 e. The highest BCUT2D eigenvalue weighted by atomic mass is 19.1. The van der Waals surface area contributed by atoms with Crippen LogP contribution in [0.5, 0.6) is 0 Å². The third-order valence-electron chi connectivity index (χ3n) is 4.75. The van der Waals surface area contributed by atoms with Crippen LogP contribution in [0.3, 0.4) is 0 Å². The maximum atomic E-state index is 13.0. The van der Waals surface area contributed by atoms with Gasteiger partial charge in [0.2, 0.25) is 5.91 Å². The molecule has 6 nitrogen and oxygen atoms in total. The fourth-order valence-electron chi connectivity index (χ4n) is 3.13. The molecule has 1 saturated heterocycles. The summed E-state index contributed by atoms with van der Waals surface area (Å²) in [7, 11) is 0. The number of benzene rings is 1. The molecule has 0 radical (unpaired) electrons. The van der Waals surface area contributed by atoms with Crippen LogP contribution in [-0.4, -0.2) is 48.4 Å². The van der Waals surface area contributed by atoms with E-state index in [0.29, 0.717) is 38.1 Å². The number of carbonyl (C=O) groups is 3. The summed E-state index contributed by atoms with van der Waals surface area (Å²) in [5.74, 6) is -1.50. The molecule has 1 N–H and O–H groups in total. The van der Waals surface area contributed by atoms with Gasteiger partial charge in [-0.05, 0) is 49.9 Å². The number of likely N-dealkylation sites (tertiary alicyclic amines) is 1. The Labute approximate surface area is 159 Å². The summed E-state index contributed by atoms with van der Waals surface area (Å²) in [6.07, 6.45) is 1.11. The van der Waals surface area contributed by atoms with Crippen LogP contribution in [0.1, 0.15) is 44.0 Å². The van der Waals surface area contributed by atoms with Gasteiger partial charge in [-0.1, -0.05) is 13.8 Å². The minimum atomic E-state index is -0.679. The van der Waals surface area contributed by atoms with E-state index in [1.54, 1.807) is 11.8 Å². The third kappa shape index (κ3) is 5.52. The summed E-state index contributed by atoms with van der Waals surface area (Å²) in [6, 6.07) is 4.51. The Hall–Kier alpha value is -2.44. The first-order chi connectivity index (χ1) is 12.8. The van der Waals surface area contributed by atoms with Crippen LogP contribution in [0.2, 0.25) is 0 Å². The van der Waals surface area contributed by atoms with Gasteiger partial charge in [0.05, 0.1) is 12.5 Å². The van der Waals surface area contributed by atoms with Crippen LogP contribution in [0, 0.1) is 17.7 Å². The quantitative estimate of drug-likeness (QED) is 0.771. The molecule has 0 saturated carbocycles. The van der Waals surface area contributed by atoms with E-state index in [1.807, 2.05) is 13.8 Å². The molecule has 0 spiro atoms. The Morgan fingerprint density at radius 1 is 1.19 bits per heavy atom. The minimum Gasteiger partial charge on any atom is -0.466 e. The van der Waals surface area contributed by atoms with Gasteiger partial charge in [0.25, 0.3) is 5.91 Å². The first-order valence-corrected chi connectivity index (χ1v) is 9.35. The molecule has 0 unspecified atom stereocenters. The van der Waals surface area contributed by atoms with Gasteiger partial charge in [0.15, 0.2) is 0 Å². The Bertz CT molecular complexity index is 667. The van der Waals surface area contributed by atoms with E-state index >= 15 is 0 Å². The van der Waals surface area contributed by atoms with Gasteiger partial charge < -0.3 is 15.0 Å². The average molecular weight is 378 g/mol. The van der Waals surface area contributed by atoms with Gasteiger partial charge in [-0.25, -0.2) is 4.39 Å². The highest BCUT2D eigenvalue weighted by molar-refractivity contribution is 5.97. The third-order valence-corrected chi connectivity index (χ3v) is 4.75. The molecule has 1 aliphatic heterocycles. The zero-order valence-electron chi connectivity index (χ0n) is 16.0. The largest absolute Gasteiger partial charge is 0.466 e. The van der Waals surface area contributed by atoms with E-state index in [1.165, 1.54) is 24.3 Å². The summed E-state index contributed by atoms with van der Waals surface area (Å²) < 4.78 is 18.1. The number of piperidine rings is 1. The van der Waals surface area contributed by atoms with Crippen LogP contribution in [0.4, 0.5) is 4.39 Å². The fraction of sp³-hybridized carbons (Fsp3) is 0.550. The van der Waals surface area contributed by atoms with Gasteiger partial charge in [-0.3, -0.25) is 14.4 Å². The summed E-state index contributed by atoms with van der Waals surface area (Å²) in [5, 5.41) is 2.76. The van der Waals surface area contributed by atoms with Crippen molar-refractivity contribution >= 4 is 17.8 Å². The predicted octanol–water partition coefficient (Wildman–Crippen LogP) is 2.38. The van der Waals surface area contributed by atoms with Gasteiger partial charge >= 0.3 is 5.97 Å². The van der Waals surface area contributed by atoms with E-state index in [0.717, 1.165) is 0 Å². The number of amides is 2. The van der Waals surface area contributed by atoms with Crippen molar-refractivity contribution in [1.29, 1.82) is 0 Å². The number of halogens is 1. The van der Waals surface area contributed by atoms with Crippen LogP contribution >= 0.6 is 0 Å². The maximum Gasteiger partial charge on any atom is 0.309 e. The van der Waals surface area contributed by atoms with Crippen LogP contribution in [-0.2, 0) is 14.3 Å². The molecule has 2 rings (SSSR count). The van der Waals surface area contributed by atoms with E-state index < -0.39 is 17.8 Å². The highest BCUT2D eigenvalue weighted by Crippen LogP contribution is 2.20. The number of esters is 1. The van der Waals surface area contributed by atoms with Gasteiger partial charge in [0.1, 0.15) is 11.9 Å². The molecule has 1 heterocycles. The van der Waals surface area contributed by atoms with E-state index in [-0.39, 0.29) is 23.7 Å². The first kappa shape index (κ1) is 20.9. The summed E-state index contributed by atoms with van der Waals surface area (Å²) in [5.41, 5.74) is 0.302. The molecule has 27 heavy (non-hydrogen) atoms. The summed E-state index contributed by atoms with van der Waals surface area (Å²) in [4.78, 5) is 38.8. The summed E-state index contributed by atoms with van der Waals surface area (Å²) in [6.45, 7) is 6.75. The molecule has 148 valence electrons. The number of hydrogen-bond acceptors (Lipinski definition) is 4. The van der Waals surface area contributed by atoms with Crippen molar-refractivity contribution < 1.29 is 23.5 Å². The normalized spacial score (nSPS) is 16.1. The lowest BCUT2D eigenvalue weighted by Gasteiger charge is -2.34.